The fourth-order valence-electron chi connectivity index (χ4n) is 1.18. The molecule has 0 aromatic carbocycles. The molecule has 0 spiro atoms. The third-order valence-electron chi connectivity index (χ3n) is 1.86. The van der Waals surface area contributed by atoms with Crippen LogP contribution in [-0.4, -0.2) is 16.1 Å². The number of carbonyl (C=O) groups is 1. The quantitative estimate of drug-likeness (QED) is 0.909. The first-order valence-corrected chi connectivity index (χ1v) is 4.89. The number of aromatic nitrogens is 1. The molecule has 0 atom stereocenters. The van der Waals surface area contributed by atoms with Gasteiger partial charge in [0.2, 0.25) is 0 Å². The van der Waals surface area contributed by atoms with Gasteiger partial charge in [-0.1, -0.05) is 0 Å². The molecule has 4 nitrogen and oxygen atoms in total. The molecule has 0 aliphatic heterocycles. The van der Waals surface area contributed by atoms with Crippen molar-refractivity contribution in [2.75, 3.05) is 0 Å². The zero-order valence-electron chi connectivity index (χ0n) is 7.48. The van der Waals surface area contributed by atoms with Crippen LogP contribution in [0.25, 0.3) is 11.3 Å². The molecule has 1 N–H and O–H groups in total. The molecule has 0 radical (unpaired) electrons. The molecular formula is C10H6BrNO3. The summed E-state index contributed by atoms with van der Waals surface area (Å²) in [6, 6.07) is 3.25. The van der Waals surface area contributed by atoms with Crippen molar-refractivity contribution in [1.29, 1.82) is 0 Å². The minimum atomic E-state index is -1.01. The summed E-state index contributed by atoms with van der Waals surface area (Å²) in [5.74, 6) is -0.433. The number of pyridine rings is 1. The van der Waals surface area contributed by atoms with Gasteiger partial charge in [0.25, 0.3) is 0 Å². The number of carboxylic acid groups (broad SMARTS) is 1. The third-order valence-corrected chi connectivity index (χ3v) is 2.49. The van der Waals surface area contributed by atoms with Crippen LogP contribution >= 0.6 is 15.9 Å². The van der Waals surface area contributed by atoms with Gasteiger partial charge in [-0.25, -0.2) is 4.79 Å². The number of hydrogen-bond acceptors (Lipinski definition) is 3. The number of aromatic carboxylic acids is 1. The standard InChI is InChI=1S/C10H6BrNO3/c11-8-1-2-15-9(8)6-3-7(10(13)14)5-12-4-6/h1-5H,(H,13,14). The van der Waals surface area contributed by atoms with Gasteiger partial charge in [-0.3, -0.25) is 4.98 Å². The van der Waals surface area contributed by atoms with Crippen molar-refractivity contribution in [3.05, 3.63) is 40.8 Å². The lowest BCUT2D eigenvalue weighted by molar-refractivity contribution is 0.0696. The summed E-state index contributed by atoms with van der Waals surface area (Å²) in [5, 5.41) is 8.79. The lowest BCUT2D eigenvalue weighted by atomic mass is 10.2. The average Bonchev–Trinajstić information content (AvgIpc) is 2.64. The van der Waals surface area contributed by atoms with Gasteiger partial charge in [-0.05, 0) is 28.1 Å². The zero-order chi connectivity index (χ0) is 10.8. The van der Waals surface area contributed by atoms with Gasteiger partial charge in [-0.2, -0.15) is 0 Å². The van der Waals surface area contributed by atoms with Crippen LogP contribution in [0.1, 0.15) is 10.4 Å². The Morgan fingerprint density at radius 3 is 2.87 bits per heavy atom. The summed E-state index contributed by atoms with van der Waals surface area (Å²) in [7, 11) is 0. The third kappa shape index (κ3) is 1.92. The SMILES string of the molecule is O=C(O)c1cncc(-c2occc2Br)c1. The fraction of sp³-hybridized carbons (Fsp3) is 0. The van der Waals surface area contributed by atoms with Gasteiger partial charge < -0.3 is 9.52 Å². The first-order valence-electron chi connectivity index (χ1n) is 4.10. The lowest BCUT2D eigenvalue weighted by Gasteiger charge is -1.99. The summed E-state index contributed by atoms with van der Waals surface area (Å²) >= 11 is 3.30. The van der Waals surface area contributed by atoms with Crippen LogP contribution in [0.5, 0.6) is 0 Å². The smallest absolute Gasteiger partial charge is 0.337 e. The predicted octanol–water partition coefficient (Wildman–Crippen LogP) is 2.80. The average molecular weight is 268 g/mol. The Balaban J connectivity index is 2.50. The molecule has 0 amide bonds. The van der Waals surface area contributed by atoms with E-state index in [0.29, 0.717) is 11.3 Å². The van der Waals surface area contributed by atoms with Crippen molar-refractivity contribution in [1.82, 2.24) is 4.98 Å². The van der Waals surface area contributed by atoms with Crippen molar-refractivity contribution >= 4 is 21.9 Å². The molecule has 0 fully saturated rings. The normalized spacial score (nSPS) is 10.2. The Hall–Kier alpha value is -1.62. The summed E-state index contributed by atoms with van der Waals surface area (Å²) in [5.41, 5.74) is 0.766. The fourth-order valence-corrected chi connectivity index (χ4v) is 1.61. The van der Waals surface area contributed by atoms with Crippen LogP contribution in [0.2, 0.25) is 0 Å². The molecule has 0 aliphatic carbocycles. The summed E-state index contributed by atoms with van der Waals surface area (Å²) < 4.78 is 5.98. The van der Waals surface area contributed by atoms with Gasteiger partial charge in [0, 0.05) is 18.0 Å². The minimum absolute atomic E-state index is 0.135. The van der Waals surface area contributed by atoms with E-state index in [1.807, 2.05) is 0 Å². The van der Waals surface area contributed by atoms with Gasteiger partial charge in [0.05, 0.1) is 16.3 Å². The van der Waals surface area contributed by atoms with Crippen molar-refractivity contribution < 1.29 is 14.3 Å². The molecule has 2 heterocycles. The second-order valence-corrected chi connectivity index (χ2v) is 3.72. The van der Waals surface area contributed by atoms with Gasteiger partial charge in [0.15, 0.2) is 0 Å². The summed E-state index contributed by atoms with van der Waals surface area (Å²) in [6.45, 7) is 0. The van der Waals surface area contributed by atoms with Crippen molar-refractivity contribution in [3.8, 4) is 11.3 Å². The number of carboxylic acids is 1. The highest BCUT2D eigenvalue weighted by Crippen LogP contribution is 2.28. The number of furan rings is 1. The molecule has 5 heteroatoms. The molecule has 0 bridgehead atoms. The number of halogens is 1. The van der Waals surface area contributed by atoms with Gasteiger partial charge in [0.1, 0.15) is 5.76 Å². The van der Waals surface area contributed by atoms with Crippen LogP contribution in [0.3, 0.4) is 0 Å². The topological polar surface area (TPSA) is 63.3 Å². The highest BCUT2D eigenvalue weighted by Gasteiger charge is 2.10. The lowest BCUT2D eigenvalue weighted by Crippen LogP contribution is -1.97. The minimum Gasteiger partial charge on any atom is -0.478 e. The second kappa shape index (κ2) is 3.86. The largest absolute Gasteiger partial charge is 0.478 e. The maximum absolute atomic E-state index is 10.7. The van der Waals surface area contributed by atoms with E-state index in [4.69, 9.17) is 9.52 Å². The molecule has 76 valence electrons. The van der Waals surface area contributed by atoms with E-state index in [2.05, 4.69) is 20.9 Å². The molecule has 2 aromatic rings. The van der Waals surface area contributed by atoms with E-state index < -0.39 is 5.97 Å². The molecule has 2 aromatic heterocycles. The summed E-state index contributed by atoms with van der Waals surface area (Å²) in [6.07, 6.45) is 4.37. The maximum atomic E-state index is 10.7. The molecule has 0 unspecified atom stereocenters. The van der Waals surface area contributed by atoms with E-state index in [1.165, 1.54) is 18.5 Å². The molecule has 15 heavy (non-hydrogen) atoms. The monoisotopic (exact) mass is 267 g/mol. The molecule has 0 saturated heterocycles. The van der Waals surface area contributed by atoms with Crippen LogP contribution in [0.15, 0.2) is 39.7 Å². The molecular weight excluding hydrogens is 262 g/mol. The Bertz CT molecular complexity index is 507. The highest BCUT2D eigenvalue weighted by atomic mass is 79.9. The molecule has 0 saturated carbocycles. The zero-order valence-corrected chi connectivity index (χ0v) is 9.06. The predicted molar refractivity (Wildman–Crippen MR) is 56.6 cm³/mol. The maximum Gasteiger partial charge on any atom is 0.337 e. The highest BCUT2D eigenvalue weighted by molar-refractivity contribution is 9.10. The molecule has 2 rings (SSSR count). The first kappa shape index (κ1) is 9.92. The van der Waals surface area contributed by atoms with Gasteiger partial charge in [-0.15, -0.1) is 0 Å². The van der Waals surface area contributed by atoms with E-state index in [1.54, 1.807) is 12.3 Å². The van der Waals surface area contributed by atoms with Crippen LogP contribution in [0, 0.1) is 0 Å². The van der Waals surface area contributed by atoms with E-state index in [9.17, 15) is 4.79 Å². The van der Waals surface area contributed by atoms with E-state index in [-0.39, 0.29) is 5.56 Å². The van der Waals surface area contributed by atoms with Crippen LogP contribution in [0.4, 0.5) is 0 Å². The van der Waals surface area contributed by atoms with E-state index >= 15 is 0 Å². The van der Waals surface area contributed by atoms with Gasteiger partial charge >= 0.3 is 5.97 Å². The van der Waals surface area contributed by atoms with Crippen LogP contribution < -0.4 is 0 Å². The van der Waals surface area contributed by atoms with E-state index in [0.717, 1.165) is 4.47 Å². The molecule has 0 aliphatic rings. The van der Waals surface area contributed by atoms with Crippen molar-refractivity contribution in [3.63, 3.8) is 0 Å². The number of hydrogen-bond donors (Lipinski definition) is 1. The Morgan fingerprint density at radius 2 is 2.27 bits per heavy atom. The number of nitrogens with zero attached hydrogens (tertiary/aromatic N) is 1. The van der Waals surface area contributed by atoms with Crippen molar-refractivity contribution in [2.45, 2.75) is 0 Å². The Labute approximate surface area is 93.7 Å². The second-order valence-electron chi connectivity index (χ2n) is 2.87. The first-order chi connectivity index (χ1) is 7.18. The summed E-state index contributed by atoms with van der Waals surface area (Å²) in [4.78, 5) is 14.6. The van der Waals surface area contributed by atoms with Crippen LogP contribution in [-0.2, 0) is 0 Å². The van der Waals surface area contributed by atoms with Crippen molar-refractivity contribution in [2.24, 2.45) is 0 Å². The Morgan fingerprint density at radius 1 is 1.47 bits per heavy atom. The Kier molecular flexibility index (Phi) is 2.55. The number of rotatable bonds is 2.